The maximum Gasteiger partial charge on any atom is 0.305 e. The number of hydrogen-bond donors (Lipinski definition) is 0. The van der Waals surface area contributed by atoms with E-state index >= 15 is 0 Å². The molecule has 128 valence electrons. The predicted molar refractivity (Wildman–Crippen MR) is 87.6 cm³/mol. The summed E-state index contributed by atoms with van der Waals surface area (Å²) in [6.45, 7) is 1.58. The number of rotatable bonds is 12. The molecule has 0 amide bonds. The largest absolute Gasteiger partial charge is 0.469 e. The van der Waals surface area contributed by atoms with E-state index in [0.717, 1.165) is 44.3 Å². The molecule has 0 aliphatic heterocycles. The minimum absolute atomic E-state index is 0.128. The molecule has 0 aliphatic rings. The van der Waals surface area contributed by atoms with E-state index < -0.39 is 0 Å². The standard InChI is InChI=1S/C16H28O5S/c1-13(17)22-12-14(9-7-11-16(19)21-3)8-5-4-6-10-15(18)20-2/h14H,4-12H2,1-3H3/t14-/m0/s1. The first-order valence-corrected chi connectivity index (χ1v) is 8.75. The maximum absolute atomic E-state index is 11.1. The van der Waals surface area contributed by atoms with Gasteiger partial charge in [-0.25, -0.2) is 0 Å². The van der Waals surface area contributed by atoms with Crippen molar-refractivity contribution in [2.45, 2.75) is 58.3 Å². The normalized spacial score (nSPS) is 11.8. The van der Waals surface area contributed by atoms with Crippen LogP contribution in [0.3, 0.4) is 0 Å². The zero-order chi connectivity index (χ0) is 16.8. The van der Waals surface area contributed by atoms with Crippen molar-refractivity contribution in [2.75, 3.05) is 20.0 Å². The summed E-state index contributed by atoms with van der Waals surface area (Å²) in [5, 5.41) is 0.128. The van der Waals surface area contributed by atoms with Crippen LogP contribution in [0.15, 0.2) is 0 Å². The minimum atomic E-state index is -0.184. The molecule has 0 saturated heterocycles. The topological polar surface area (TPSA) is 69.7 Å². The summed E-state index contributed by atoms with van der Waals surface area (Å²) < 4.78 is 9.24. The number of esters is 2. The molecule has 0 rings (SSSR count). The molecule has 0 aliphatic carbocycles. The summed E-state index contributed by atoms with van der Waals surface area (Å²) in [7, 11) is 2.80. The van der Waals surface area contributed by atoms with Crippen LogP contribution in [0, 0.1) is 5.92 Å². The maximum atomic E-state index is 11.1. The van der Waals surface area contributed by atoms with Crippen LogP contribution in [0.5, 0.6) is 0 Å². The van der Waals surface area contributed by atoms with E-state index in [1.165, 1.54) is 26.0 Å². The summed E-state index contributed by atoms with van der Waals surface area (Å²) in [5.41, 5.74) is 0. The van der Waals surface area contributed by atoms with E-state index in [1.54, 1.807) is 6.92 Å². The van der Waals surface area contributed by atoms with Crippen LogP contribution in [0.4, 0.5) is 0 Å². The second-order valence-corrected chi connectivity index (χ2v) is 6.51. The molecule has 5 nitrogen and oxygen atoms in total. The lowest BCUT2D eigenvalue weighted by atomic mass is 9.97. The number of carbonyl (C=O) groups excluding carboxylic acids is 3. The fourth-order valence-corrected chi connectivity index (χ4v) is 2.97. The predicted octanol–water partition coefficient (Wildman–Crippen LogP) is 3.35. The zero-order valence-electron chi connectivity index (χ0n) is 13.9. The number of unbranched alkanes of at least 4 members (excludes halogenated alkanes) is 2. The Balaban J connectivity index is 3.93. The molecule has 22 heavy (non-hydrogen) atoms. The Morgan fingerprint density at radius 3 is 1.95 bits per heavy atom. The van der Waals surface area contributed by atoms with E-state index in [-0.39, 0.29) is 17.1 Å². The van der Waals surface area contributed by atoms with Gasteiger partial charge in [0.05, 0.1) is 14.2 Å². The van der Waals surface area contributed by atoms with Gasteiger partial charge in [0.2, 0.25) is 0 Å². The van der Waals surface area contributed by atoms with Crippen LogP contribution < -0.4 is 0 Å². The molecule has 1 atom stereocenters. The lowest BCUT2D eigenvalue weighted by Gasteiger charge is -2.15. The average molecular weight is 332 g/mol. The van der Waals surface area contributed by atoms with Crippen LogP contribution in [0.2, 0.25) is 0 Å². The van der Waals surface area contributed by atoms with Gasteiger partial charge in [-0.15, -0.1) is 0 Å². The van der Waals surface area contributed by atoms with Gasteiger partial charge in [0, 0.05) is 25.5 Å². The van der Waals surface area contributed by atoms with Crippen molar-refractivity contribution in [1.29, 1.82) is 0 Å². The highest BCUT2D eigenvalue weighted by atomic mass is 32.2. The van der Waals surface area contributed by atoms with Crippen molar-refractivity contribution in [3.63, 3.8) is 0 Å². The second-order valence-electron chi connectivity index (χ2n) is 5.31. The third-order valence-corrected chi connectivity index (χ3v) is 4.51. The fourth-order valence-electron chi connectivity index (χ4n) is 2.16. The monoisotopic (exact) mass is 332 g/mol. The molecule has 0 heterocycles. The number of thioether (sulfide) groups is 1. The van der Waals surface area contributed by atoms with Gasteiger partial charge in [-0.2, -0.15) is 0 Å². The highest BCUT2D eigenvalue weighted by Crippen LogP contribution is 2.22. The van der Waals surface area contributed by atoms with Gasteiger partial charge in [0.15, 0.2) is 5.12 Å². The lowest BCUT2D eigenvalue weighted by molar-refractivity contribution is -0.141. The number of carbonyl (C=O) groups is 3. The van der Waals surface area contributed by atoms with Crippen molar-refractivity contribution in [1.82, 2.24) is 0 Å². The molecule has 0 bridgehead atoms. The summed E-state index contributed by atoms with van der Waals surface area (Å²) in [6, 6.07) is 0. The van der Waals surface area contributed by atoms with Gasteiger partial charge in [-0.1, -0.05) is 24.6 Å². The zero-order valence-corrected chi connectivity index (χ0v) is 14.7. The molecule has 0 fully saturated rings. The Bertz CT molecular complexity index is 343. The summed E-state index contributed by atoms with van der Waals surface area (Å²) in [5.74, 6) is 0.877. The second kappa shape index (κ2) is 13.6. The highest BCUT2D eigenvalue weighted by Gasteiger charge is 2.12. The van der Waals surface area contributed by atoms with Crippen LogP contribution in [0.25, 0.3) is 0 Å². The SMILES string of the molecule is COC(=O)CCCCC[C@@H](CCCC(=O)OC)CSC(C)=O. The van der Waals surface area contributed by atoms with Crippen molar-refractivity contribution in [2.24, 2.45) is 5.92 Å². The van der Waals surface area contributed by atoms with Gasteiger partial charge >= 0.3 is 11.9 Å². The van der Waals surface area contributed by atoms with Crippen molar-refractivity contribution in [3.8, 4) is 0 Å². The van der Waals surface area contributed by atoms with Gasteiger partial charge in [-0.05, 0) is 31.6 Å². The number of ether oxygens (including phenoxy) is 2. The quantitative estimate of drug-likeness (QED) is 0.403. The first-order valence-electron chi connectivity index (χ1n) is 7.76. The van der Waals surface area contributed by atoms with E-state index in [1.807, 2.05) is 0 Å². The van der Waals surface area contributed by atoms with Crippen LogP contribution >= 0.6 is 11.8 Å². The molecule has 6 heteroatoms. The van der Waals surface area contributed by atoms with E-state index in [9.17, 15) is 14.4 Å². The molecule has 0 unspecified atom stereocenters. The smallest absolute Gasteiger partial charge is 0.305 e. The van der Waals surface area contributed by atoms with E-state index in [2.05, 4.69) is 9.47 Å². The van der Waals surface area contributed by atoms with Crippen molar-refractivity contribution >= 4 is 28.8 Å². The lowest BCUT2D eigenvalue weighted by Crippen LogP contribution is -2.08. The minimum Gasteiger partial charge on any atom is -0.469 e. The fraction of sp³-hybridized carbons (Fsp3) is 0.812. The van der Waals surface area contributed by atoms with Crippen molar-refractivity contribution in [3.05, 3.63) is 0 Å². The number of hydrogen-bond acceptors (Lipinski definition) is 6. The molecule has 0 N–H and O–H groups in total. The summed E-state index contributed by atoms with van der Waals surface area (Å²) >= 11 is 1.35. The van der Waals surface area contributed by atoms with Crippen LogP contribution in [-0.2, 0) is 23.9 Å². The molecule has 0 aromatic heterocycles. The summed E-state index contributed by atoms with van der Waals surface area (Å²) in [6.07, 6.45) is 6.46. The van der Waals surface area contributed by atoms with Crippen molar-refractivity contribution < 1.29 is 23.9 Å². The Morgan fingerprint density at radius 1 is 0.864 bits per heavy atom. The third kappa shape index (κ3) is 12.7. The van der Waals surface area contributed by atoms with Crippen LogP contribution in [-0.4, -0.2) is 37.0 Å². The first kappa shape index (κ1) is 21.0. The Morgan fingerprint density at radius 2 is 1.41 bits per heavy atom. The Labute approximate surface area is 137 Å². The average Bonchev–Trinajstić information content (AvgIpc) is 2.50. The van der Waals surface area contributed by atoms with Gasteiger partial charge in [0.1, 0.15) is 0 Å². The Hall–Kier alpha value is -1.04. The molecule has 0 spiro atoms. The van der Waals surface area contributed by atoms with Gasteiger partial charge < -0.3 is 9.47 Å². The number of methoxy groups -OCH3 is 2. The third-order valence-electron chi connectivity index (χ3n) is 3.46. The highest BCUT2D eigenvalue weighted by molar-refractivity contribution is 8.13. The molecule has 0 aromatic carbocycles. The molecular formula is C16H28O5S. The molecule has 0 aromatic rings. The van der Waals surface area contributed by atoms with E-state index in [4.69, 9.17) is 0 Å². The Kier molecular flexibility index (Phi) is 13.0. The van der Waals surface area contributed by atoms with E-state index in [0.29, 0.717) is 18.8 Å². The van der Waals surface area contributed by atoms with Crippen LogP contribution in [0.1, 0.15) is 58.3 Å². The van der Waals surface area contributed by atoms with Gasteiger partial charge in [-0.3, -0.25) is 14.4 Å². The molecule has 0 saturated carbocycles. The van der Waals surface area contributed by atoms with Gasteiger partial charge in [0.25, 0.3) is 0 Å². The summed E-state index contributed by atoms with van der Waals surface area (Å²) in [4.78, 5) is 33.2. The molecule has 0 radical (unpaired) electrons. The molecular weight excluding hydrogens is 304 g/mol. The first-order chi connectivity index (χ1) is 10.5.